The summed E-state index contributed by atoms with van der Waals surface area (Å²) in [6.45, 7) is 0. The number of phenolic OH excluding ortho intramolecular Hbond substituents is 1. The molecule has 1 aliphatic rings. The number of imide groups is 1. The maximum atomic E-state index is 12.6. The number of anilines is 1. The fourth-order valence-corrected chi connectivity index (χ4v) is 2.54. The molecule has 1 aromatic heterocycles. The molecule has 1 aromatic carbocycles. The van der Waals surface area contributed by atoms with Gasteiger partial charge < -0.3 is 15.2 Å². The number of hydrogen-bond acceptors (Lipinski definition) is 5. The number of carbonyl (C=O) groups is 2. The zero-order valence-corrected chi connectivity index (χ0v) is 12.7. The number of aromatic nitrogens is 1. The summed E-state index contributed by atoms with van der Waals surface area (Å²) in [5.74, 6) is -0.303. The highest BCUT2D eigenvalue weighted by atomic mass is 35.5. The van der Waals surface area contributed by atoms with E-state index in [1.54, 1.807) is 6.07 Å². The molecule has 118 valence electrons. The quantitative estimate of drug-likeness (QED) is 0.664. The van der Waals surface area contributed by atoms with E-state index < -0.39 is 18.0 Å². The molecule has 1 atom stereocenters. The van der Waals surface area contributed by atoms with Gasteiger partial charge in [-0.25, -0.2) is 14.7 Å². The van der Waals surface area contributed by atoms with Gasteiger partial charge in [0.05, 0.1) is 12.8 Å². The van der Waals surface area contributed by atoms with Crippen LogP contribution in [0.25, 0.3) is 0 Å². The number of nitrogens with one attached hydrogen (secondary N) is 1. The number of halogens is 1. The van der Waals surface area contributed by atoms with Gasteiger partial charge in [0.25, 0.3) is 5.91 Å². The van der Waals surface area contributed by atoms with Crippen LogP contribution in [0.4, 0.5) is 10.5 Å². The number of nitrogens with zero attached hydrogens (tertiary/aromatic N) is 2. The minimum Gasteiger partial charge on any atom is -0.504 e. The lowest BCUT2D eigenvalue weighted by Gasteiger charge is -2.13. The molecule has 0 radical (unpaired) electrons. The average Bonchev–Trinajstić information content (AvgIpc) is 2.82. The van der Waals surface area contributed by atoms with Crippen LogP contribution < -0.4 is 15.0 Å². The minimum atomic E-state index is -0.897. The summed E-state index contributed by atoms with van der Waals surface area (Å²) in [4.78, 5) is 29.5. The minimum absolute atomic E-state index is 0.113. The van der Waals surface area contributed by atoms with Crippen LogP contribution in [0.15, 0.2) is 36.5 Å². The Morgan fingerprint density at radius 1 is 1.30 bits per heavy atom. The number of carbonyl (C=O) groups excluding carboxylic acids is 2. The summed E-state index contributed by atoms with van der Waals surface area (Å²) in [5.41, 5.74) is 0.775. The number of aromatic hydroxyl groups is 1. The normalized spacial score (nSPS) is 17.3. The topological polar surface area (TPSA) is 91.8 Å². The van der Waals surface area contributed by atoms with Crippen molar-refractivity contribution >= 4 is 29.2 Å². The molecule has 0 unspecified atom stereocenters. The fraction of sp³-hybridized carbons (Fsp3) is 0.133. The lowest BCUT2D eigenvalue weighted by Crippen LogP contribution is -2.30. The molecule has 2 heterocycles. The van der Waals surface area contributed by atoms with Gasteiger partial charge in [0.1, 0.15) is 11.2 Å². The molecule has 2 aromatic rings. The van der Waals surface area contributed by atoms with Gasteiger partial charge >= 0.3 is 6.03 Å². The third kappa shape index (κ3) is 2.66. The van der Waals surface area contributed by atoms with Gasteiger partial charge in [-0.3, -0.25) is 4.79 Å². The van der Waals surface area contributed by atoms with E-state index in [9.17, 15) is 14.7 Å². The maximum absolute atomic E-state index is 12.6. The highest BCUT2D eigenvalue weighted by Gasteiger charge is 2.40. The highest BCUT2D eigenvalue weighted by Crippen LogP contribution is 2.32. The third-order valence-electron chi connectivity index (χ3n) is 3.44. The highest BCUT2D eigenvalue weighted by molar-refractivity contribution is 6.30. The molecule has 1 fully saturated rings. The van der Waals surface area contributed by atoms with Crippen molar-refractivity contribution in [2.45, 2.75) is 6.04 Å². The molecule has 23 heavy (non-hydrogen) atoms. The van der Waals surface area contributed by atoms with Crippen molar-refractivity contribution in [3.05, 3.63) is 47.2 Å². The van der Waals surface area contributed by atoms with Gasteiger partial charge in [0.2, 0.25) is 0 Å². The van der Waals surface area contributed by atoms with Crippen LogP contribution in [0.3, 0.4) is 0 Å². The van der Waals surface area contributed by atoms with E-state index in [0.717, 1.165) is 4.90 Å². The van der Waals surface area contributed by atoms with Crippen LogP contribution in [-0.4, -0.2) is 29.1 Å². The number of benzene rings is 1. The van der Waals surface area contributed by atoms with Crippen molar-refractivity contribution in [3.63, 3.8) is 0 Å². The number of hydrogen-bond donors (Lipinski definition) is 2. The first kappa shape index (κ1) is 15.1. The van der Waals surface area contributed by atoms with E-state index in [1.807, 2.05) is 0 Å². The van der Waals surface area contributed by atoms with E-state index >= 15 is 0 Å². The second-order valence-electron chi connectivity index (χ2n) is 4.82. The second kappa shape index (κ2) is 5.77. The number of phenols is 1. The van der Waals surface area contributed by atoms with E-state index in [1.165, 1.54) is 37.6 Å². The van der Waals surface area contributed by atoms with Gasteiger partial charge in [0, 0.05) is 6.20 Å². The number of rotatable bonds is 3. The van der Waals surface area contributed by atoms with E-state index in [0.29, 0.717) is 11.3 Å². The van der Waals surface area contributed by atoms with E-state index in [2.05, 4.69) is 10.3 Å². The van der Waals surface area contributed by atoms with Crippen molar-refractivity contribution in [1.82, 2.24) is 10.3 Å². The Labute approximate surface area is 136 Å². The van der Waals surface area contributed by atoms with Crippen molar-refractivity contribution in [1.29, 1.82) is 0 Å². The van der Waals surface area contributed by atoms with Gasteiger partial charge in [-0.15, -0.1) is 0 Å². The molecule has 3 amide bonds. The summed E-state index contributed by atoms with van der Waals surface area (Å²) < 4.78 is 4.96. The Morgan fingerprint density at radius 2 is 2.09 bits per heavy atom. The van der Waals surface area contributed by atoms with E-state index in [4.69, 9.17) is 16.3 Å². The van der Waals surface area contributed by atoms with Gasteiger partial charge in [0.15, 0.2) is 11.5 Å². The number of urea groups is 1. The van der Waals surface area contributed by atoms with Crippen LogP contribution in [-0.2, 0) is 4.79 Å². The Balaban J connectivity index is 1.94. The molecule has 1 saturated heterocycles. The first-order valence-corrected chi connectivity index (χ1v) is 7.02. The molecule has 0 saturated carbocycles. The van der Waals surface area contributed by atoms with Crippen molar-refractivity contribution in [2.75, 3.05) is 12.0 Å². The first-order chi connectivity index (χ1) is 11.0. The summed E-state index contributed by atoms with van der Waals surface area (Å²) in [5, 5.41) is 12.6. The predicted octanol–water partition coefficient (Wildman–Crippen LogP) is 2.25. The van der Waals surface area contributed by atoms with Gasteiger partial charge in [-0.1, -0.05) is 17.7 Å². The molecular formula is C15H12ClN3O4. The molecular weight excluding hydrogens is 322 g/mol. The molecule has 8 heteroatoms. The zero-order valence-electron chi connectivity index (χ0n) is 12.0. The Hall–Kier alpha value is -2.80. The Morgan fingerprint density at radius 3 is 2.74 bits per heavy atom. The molecule has 0 spiro atoms. The Bertz CT molecular complexity index is 796. The first-order valence-electron chi connectivity index (χ1n) is 6.64. The van der Waals surface area contributed by atoms with Crippen molar-refractivity contribution < 1.29 is 19.4 Å². The monoisotopic (exact) mass is 333 g/mol. The SMILES string of the molecule is COc1ccc([C@H]2NC(=O)N(c3ccnc(Cl)c3)C2=O)cc1O. The summed E-state index contributed by atoms with van der Waals surface area (Å²) in [7, 11) is 1.42. The van der Waals surface area contributed by atoms with Crippen LogP contribution in [0.5, 0.6) is 11.5 Å². The average molecular weight is 334 g/mol. The molecule has 3 rings (SSSR count). The number of ether oxygens (including phenoxy) is 1. The standard InChI is InChI=1S/C15H12ClN3O4/c1-23-11-3-2-8(6-10(11)20)13-14(21)19(15(22)18-13)9-4-5-17-12(16)7-9/h2-7,13,20H,1H3,(H,18,22)/t13-/m1/s1. The number of pyridine rings is 1. The number of amides is 3. The molecule has 0 bridgehead atoms. The van der Waals surface area contributed by atoms with Crippen LogP contribution in [0, 0.1) is 0 Å². The third-order valence-corrected chi connectivity index (χ3v) is 3.65. The van der Waals surface area contributed by atoms with Crippen molar-refractivity contribution in [3.8, 4) is 11.5 Å². The van der Waals surface area contributed by atoms with Crippen LogP contribution >= 0.6 is 11.6 Å². The maximum Gasteiger partial charge on any atom is 0.329 e. The lowest BCUT2D eigenvalue weighted by atomic mass is 10.1. The van der Waals surface area contributed by atoms with Crippen LogP contribution in [0.1, 0.15) is 11.6 Å². The molecule has 1 aliphatic heterocycles. The Kier molecular flexibility index (Phi) is 3.79. The van der Waals surface area contributed by atoms with E-state index in [-0.39, 0.29) is 16.7 Å². The van der Waals surface area contributed by atoms with Gasteiger partial charge in [-0.05, 0) is 29.8 Å². The molecule has 2 N–H and O–H groups in total. The summed E-state index contributed by atoms with van der Waals surface area (Å²) >= 11 is 5.80. The fourth-order valence-electron chi connectivity index (χ4n) is 2.37. The second-order valence-corrected chi connectivity index (χ2v) is 5.21. The summed E-state index contributed by atoms with van der Waals surface area (Å²) in [6.07, 6.45) is 1.41. The lowest BCUT2D eigenvalue weighted by molar-refractivity contribution is -0.118. The molecule has 7 nitrogen and oxygen atoms in total. The van der Waals surface area contributed by atoms with Crippen LogP contribution in [0.2, 0.25) is 5.15 Å². The summed E-state index contributed by atoms with van der Waals surface area (Å²) in [6, 6.07) is 5.97. The smallest absolute Gasteiger partial charge is 0.329 e. The predicted molar refractivity (Wildman–Crippen MR) is 82.7 cm³/mol. The van der Waals surface area contributed by atoms with Crippen molar-refractivity contribution in [2.24, 2.45) is 0 Å². The largest absolute Gasteiger partial charge is 0.504 e. The van der Waals surface area contributed by atoms with Gasteiger partial charge in [-0.2, -0.15) is 0 Å². The molecule has 0 aliphatic carbocycles. The number of methoxy groups -OCH3 is 1. The zero-order chi connectivity index (χ0) is 16.6.